The first-order chi connectivity index (χ1) is 15.2. The number of carbonyl (C=O) groups excluding carboxylic acids is 3. The summed E-state index contributed by atoms with van der Waals surface area (Å²) in [5, 5.41) is 12.8. The lowest BCUT2D eigenvalue weighted by Gasteiger charge is -2.39. The standard InChI is InChI=1S/C19H23N5O7S/c1-10(25)30-16-14(27)8-29-18(17(16)31-11(2)26)21-19(32)23-22-15(28)7-24-9-20-12-5-3-4-6-13(12)24/h3-6,9,14,16-18,27H,7-8H2,1-2H3,(H,22,28)(H2,21,23,32)/t14-,16-,17+,18+/m0/s1. The molecule has 172 valence electrons. The number of aliphatic hydroxyl groups excluding tert-OH is 1. The number of hydrogen-bond acceptors (Lipinski definition) is 9. The molecule has 0 unspecified atom stereocenters. The predicted octanol–water partition coefficient (Wildman–Crippen LogP) is -0.888. The third kappa shape index (κ3) is 5.90. The summed E-state index contributed by atoms with van der Waals surface area (Å²) in [6.45, 7) is 2.13. The van der Waals surface area contributed by atoms with Gasteiger partial charge in [0.25, 0.3) is 5.91 Å². The van der Waals surface area contributed by atoms with Crippen molar-refractivity contribution >= 4 is 46.2 Å². The van der Waals surface area contributed by atoms with E-state index in [1.165, 1.54) is 13.8 Å². The molecule has 2 aromatic rings. The zero-order valence-electron chi connectivity index (χ0n) is 17.3. The summed E-state index contributed by atoms with van der Waals surface area (Å²) in [6, 6.07) is 7.38. The van der Waals surface area contributed by atoms with E-state index in [2.05, 4.69) is 21.2 Å². The topological polar surface area (TPSA) is 153 Å². The van der Waals surface area contributed by atoms with Gasteiger partial charge in [0, 0.05) is 13.8 Å². The Hall–Kier alpha value is -3.29. The molecule has 1 saturated heterocycles. The summed E-state index contributed by atoms with van der Waals surface area (Å²) in [5.41, 5.74) is 6.54. The minimum atomic E-state index is -1.20. The van der Waals surface area contributed by atoms with Crippen molar-refractivity contribution in [1.29, 1.82) is 0 Å². The molecule has 1 aromatic heterocycles. The summed E-state index contributed by atoms with van der Waals surface area (Å²) in [6.07, 6.45) is -3.02. The number of aliphatic hydroxyl groups is 1. The summed E-state index contributed by atoms with van der Waals surface area (Å²) >= 11 is 5.15. The van der Waals surface area contributed by atoms with E-state index in [0.717, 1.165) is 11.0 Å². The Morgan fingerprint density at radius 2 is 1.88 bits per heavy atom. The Morgan fingerprint density at radius 3 is 2.59 bits per heavy atom. The van der Waals surface area contributed by atoms with Crippen LogP contribution in [0.4, 0.5) is 0 Å². The van der Waals surface area contributed by atoms with Gasteiger partial charge >= 0.3 is 11.9 Å². The zero-order chi connectivity index (χ0) is 23.3. The van der Waals surface area contributed by atoms with E-state index in [0.29, 0.717) is 0 Å². The molecule has 0 aliphatic carbocycles. The van der Waals surface area contributed by atoms with E-state index in [-0.39, 0.29) is 18.3 Å². The van der Waals surface area contributed by atoms with Crippen LogP contribution in [0.15, 0.2) is 30.6 Å². The minimum Gasteiger partial charge on any atom is -0.456 e. The number of amides is 1. The van der Waals surface area contributed by atoms with Gasteiger partial charge in [-0.05, 0) is 24.4 Å². The SMILES string of the molecule is CC(=O)O[C@@H]1[C@@H](OC(C)=O)[C@@H](O)CO[C@H]1NC(=S)NNC(=O)Cn1cnc2ccccc21. The van der Waals surface area contributed by atoms with E-state index in [4.69, 9.17) is 26.4 Å². The monoisotopic (exact) mass is 465 g/mol. The average molecular weight is 465 g/mol. The number of aromatic nitrogens is 2. The van der Waals surface area contributed by atoms with Gasteiger partial charge in [-0.15, -0.1) is 0 Å². The Morgan fingerprint density at radius 1 is 1.19 bits per heavy atom. The second kappa shape index (κ2) is 10.3. The maximum atomic E-state index is 12.3. The summed E-state index contributed by atoms with van der Waals surface area (Å²) in [7, 11) is 0. The normalized spacial score (nSPS) is 22.6. The Balaban J connectivity index is 1.56. The number of hydrogen-bond donors (Lipinski definition) is 4. The molecule has 12 nitrogen and oxygen atoms in total. The van der Waals surface area contributed by atoms with Crippen LogP contribution in [0.2, 0.25) is 0 Å². The molecule has 0 spiro atoms. The first-order valence-electron chi connectivity index (χ1n) is 9.64. The molecule has 32 heavy (non-hydrogen) atoms. The van der Waals surface area contributed by atoms with Crippen LogP contribution in [-0.4, -0.2) is 68.8 Å². The van der Waals surface area contributed by atoms with Gasteiger partial charge in [-0.1, -0.05) is 12.1 Å². The Bertz CT molecular complexity index is 1010. The Kier molecular flexibility index (Phi) is 7.56. The molecule has 0 saturated carbocycles. The van der Waals surface area contributed by atoms with Crippen LogP contribution < -0.4 is 16.2 Å². The van der Waals surface area contributed by atoms with E-state index >= 15 is 0 Å². The highest BCUT2D eigenvalue weighted by Gasteiger charge is 2.44. The molecule has 13 heteroatoms. The molecule has 2 heterocycles. The molecular formula is C19H23N5O7S. The fourth-order valence-electron chi connectivity index (χ4n) is 3.19. The van der Waals surface area contributed by atoms with Gasteiger partial charge in [-0.3, -0.25) is 25.2 Å². The molecule has 4 atom stereocenters. The number of ether oxygens (including phenoxy) is 3. The smallest absolute Gasteiger partial charge is 0.303 e. The number of rotatable bonds is 5. The highest BCUT2D eigenvalue weighted by molar-refractivity contribution is 7.80. The number of esters is 2. The number of para-hydroxylation sites is 2. The van der Waals surface area contributed by atoms with E-state index in [1.807, 2.05) is 24.3 Å². The number of carbonyl (C=O) groups is 3. The molecule has 1 aliphatic rings. The van der Waals surface area contributed by atoms with E-state index < -0.39 is 42.4 Å². The van der Waals surface area contributed by atoms with Crippen molar-refractivity contribution in [3.05, 3.63) is 30.6 Å². The molecule has 0 bridgehead atoms. The fourth-order valence-corrected chi connectivity index (χ4v) is 3.35. The molecular weight excluding hydrogens is 442 g/mol. The number of nitrogens with zero attached hydrogens (tertiary/aromatic N) is 2. The largest absolute Gasteiger partial charge is 0.456 e. The maximum absolute atomic E-state index is 12.3. The first kappa shape index (κ1) is 23.4. The van der Waals surface area contributed by atoms with Crippen molar-refractivity contribution in [3.8, 4) is 0 Å². The molecule has 3 rings (SSSR count). The van der Waals surface area contributed by atoms with Gasteiger partial charge in [-0.25, -0.2) is 4.98 Å². The van der Waals surface area contributed by atoms with Crippen molar-refractivity contribution in [2.24, 2.45) is 0 Å². The van der Waals surface area contributed by atoms with Crippen LogP contribution in [0.3, 0.4) is 0 Å². The number of fused-ring (bicyclic) bond motifs is 1. The molecule has 1 fully saturated rings. The number of benzene rings is 1. The van der Waals surface area contributed by atoms with Crippen molar-refractivity contribution in [2.75, 3.05) is 6.61 Å². The van der Waals surface area contributed by atoms with Crippen LogP contribution in [0, 0.1) is 0 Å². The van der Waals surface area contributed by atoms with Gasteiger partial charge in [-0.2, -0.15) is 0 Å². The van der Waals surface area contributed by atoms with Gasteiger partial charge in [0.15, 0.2) is 23.5 Å². The van der Waals surface area contributed by atoms with Gasteiger partial charge in [0.2, 0.25) is 0 Å². The third-order valence-electron chi connectivity index (χ3n) is 4.48. The number of imidazole rings is 1. The lowest BCUT2D eigenvalue weighted by atomic mass is 10.0. The second-order valence-electron chi connectivity index (χ2n) is 6.98. The van der Waals surface area contributed by atoms with Crippen molar-refractivity contribution in [2.45, 2.75) is 44.9 Å². The fraction of sp³-hybridized carbons (Fsp3) is 0.421. The number of nitrogens with one attached hydrogen (secondary N) is 3. The van der Waals surface area contributed by atoms with E-state index in [9.17, 15) is 19.5 Å². The van der Waals surface area contributed by atoms with Crippen molar-refractivity contribution in [1.82, 2.24) is 25.7 Å². The third-order valence-corrected chi connectivity index (χ3v) is 4.70. The lowest BCUT2D eigenvalue weighted by Crippen LogP contribution is -2.63. The van der Waals surface area contributed by atoms with Gasteiger partial charge in [0.1, 0.15) is 12.6 Å². The zero-order valence-corrected chi connectivity index (χ0v) is 18.1. The average Bonchev–Trinajstić information content (AvgIpc) is 3.13. The van der Waals surface area contributed by atoms with Crippen LogP contribution in [-0.2, 0) is 35.1 Å². The number of thiocarbonyl (C=S) groups is 1. The van der Waals surface area contributed by atoms with Crippen LogP contribution in [0.5, 0.6) is 0 Å². The van der Waals surface area contributed by atoms with Crippen molar-refractivity contribution in [3.63, 3.8) is 0 Å². The van der Waals surface area contributed by atoms with Crippen molar-refractivity contribution < 1.29 is 33.7 Å². The summed E-state index contributed by atoms with van der Waals surface area (Å²) in [4.78, 5) is 39.4. The first-order valence-corrected chi connectivity index (χ1v) is 10.0. The molecule has 4 N–H and O–H groups in total. The quantitative estimate of drug-likeness (QED) is 0.247. The van der Waals surface area contributed by atoms with Gasteiger partial charge < -0.3 is 29.2 Å². The second-order valence-corrected chi connectivity index (χ2v) is 7.39. The minimum absolute atomic E-state index is 0.00710. The molecule has 1 aromatic carbocycles. The summed E-state index contributed by atoms with van der Waals surface area (Å²) < 4.78 is 17.4. The predicted molar refractivity (Wildman–Crippen MR) is 114 cm³/mol. The van der Waals surface area contributed by atoms with Crippen LogP contribution in [0.25, 0.3) is 11.0 Å². The van der Waals surface area contributed by atoms with Gasteiger partial charge in [0.05, 0.1) is 24.0 Å². The van der Waals surface area contributed by atoms with Crippen LogP contribution in [0.1, 0.15) is 13.8 Å². The highest BCUT2D eigenvalue weighted by atomic mass is 32.1. The molecule has 0 radical (unpaired) electrons. The molecule has 1 amide bonds. The maximum Gasteiger partial charge on any atom is 0.303 e. The van der Waals surface area contributed by atoms with Crippen LogP contribution >= 0.6 is 12.2 Å². The highest BCUT2D eigenvalue weighted by Crippen LogP contribution is 2.21. The number of hydrazine groups is 1. The Labute approximate surface area is 188 Å². The van der Waals surface area contributed by atoms with E-state index in [1.54, 1.807) is 10.9 Å². The molecule has 1 aliphatic heterocycles. The summed E-state index contributed by atoms with van der Waals surface area (Å²) in [5.74, 6) is -1.73. The lowest BCUT2D eigenvalue weighted by molar-refractivity contribution is -0.220.